The summed E-state index contributed by atoms with van der Waals surface area (Å²) < 4.78 is 31.5. The van der Waals surface area contributed by atoms with Crippen molar-refractivity contribution in [1.82, 2.24) is 10.2 Å². The first-order valence-electron chi connectivity index (χ1n) is 11.5. The highest BCUT2D eigenvalue weighted by atomic mass is 32.2. The molecule has 1 N–H and O–H groups in total. The number of aryl methyl sites for hydroxylation is 1. The molecule has 0 fully saturated rings. The van der Waals surface area contributed by atoms with Crippen LogP contribution in [0.25, 0.3) is 0 Å². The van der Waals surface area contributed by atoms with Gasteiger partial charge in [0.2, 0.25) is 21.8 Å². The van der Waals surface area contributed by atoms with E-state index in [4.69, 9.17) is 4.74 Å². The summed E-state index contributed by atoms with van der Waals surface area (Å²) in [6.45, 7) is 9.17. The maximum absolute atomic E-state index is 13.7. The predicted molar refractivity (Wildman–Crippen MR) is 139 cm³/mol. The van der Waals surface area contributed by atoms with Gasteiger partial charge in [0.15, 0.2) is 0 Å². The number of carbonyl (C=O) groups is 2. The first-order chi connectivity index (χ1) is 16.2. The summed E-state index contributed by atoms with van der Waals surface area (Å²) in [7, 11) is -2.26. The van der Waals surface area contributed by atoms with Crippen molar-refractivity contribution in [3.8, 4) is 5.75 Å². The first kappa shape index (κ1) is 28.2. The van der Waals surface area contributed by atoms with Gasteiger partial charge in [-0.25, -0.2) is 8.42 Å². The monoisotopic (exact) mass is 503 g/mol. The van der Waals surface area contributed by atoms with Gasteiger partial charge in [0, 0.05) is 12.1 Å². The molecule has 1 unspecified atom stereocenters. The van der Waals surface area contributed by atoms with Crippen LogP contribution in [0.5, 0.6) is 5.75 Å². The minimum Gasteiger partial charge on any atom is -0.497 e. The summed E-state index contributed by atoms with van der Waals surface area (Å²) in [4.78, 5) is 28.3. The van der Waals surface area contributed by atoms with Crippen molar-refractivity contribution in [2.45, 2.75) is 59.2 Å². The maximum atomic E-state index is 13.7. The van der Waals surface area contributed by atoms with Gasteiger partial charge < -0.3 is 15.0 Å². The van der Waals surface area contributed by atoms with Crippen LogP contribution in [-0.2, 0) is 26.2 Å². The minimum atomic E-state index is -3.78. The second-order valence-electron chi connectivity index (χ2n) is 9.64. The molecule has 0 aliphatic heterocycles. The highest BCUT2D eigenvalue weighted by Gasteiger charge is 2.33. The molecule has 2 amide bonds. The van der Waals surface area contributed by atoms with E-state index in [1.807, 2.05) is 58.9 Å². The quantitative estimate of drug-likeness (QED) is 0.535. The van der Waals surface area contributed by atoms with Gasteiger partial charge in [-0.05, 0) is 63.9 Å². The number of carbonyl (C=O) groups excluding carboxylic acids is 2. The van der Waals surface area contributed by atoms with Crippen LogP contribution in [0.1, 0.15) is 45.2 Å². The number of amides is 2. The Labute approximate surface area is 209 Å². The lowest BCUT2D eigenvalue weighted by atomic mass is 10.1. The number of rotatable bonds is 10. The van der Waals surface area contributed by atoms with Gasteiger partial charge in [-0.15, -0.1) is 0 Å². The third kappa shape index (κ3) is 8.28. The standard InChI is InChI=1S/C26H37N3O5S/c1-8-23(25(31)27-26(3,4)5)28(17-20-11-9-19(2)10-12-20)24(30)18-29(35(7,32)33)21-13-15-22(34-6)16-14-21/h9-16,23H,8,17-18H2,1-7H3,(H,27,31). The Balaban J connectivity index is 2.44. The fourth-order valence-corrected chi connectivity index (χ4v) is 4.47. The molecule has 0 heterocycles. The van der Waals surface area contributed by atoms with Crippen molar-refractivity contribution < 1.29 is 22.7 Å². The number of hydrogen-bond acceptors (Lipinski definition) is 5. The molecule has 0 bridgehead atoms. The van der Waals surface area contributed by atoms with E-state index >= 15 is 0 Å². The highest BCUT2D eigenvalue weighted by molar-refractivity contribution is 7.92. The van der Waals surface area contributed by atoms with Gasteiger partial charge in [-0.2, -0.15) is 0 Å². The summed E-state index contributed by atoms with van der Waals surface area (Å²) in [6, 6.07) is 13.4. The zero-order chi connectivity index (χ0) is 26.4. The lowest BCUT2D eigenvalue weighted by molar-refractivity contribution is -0.141. The van der Waals surface area contributed by atoms with Crippen molar-refractivity contribution in [1.29, 1.82) is 0 Å². The Bertz CT molecular complexity index is 1110. The Morgan fingerprint density at radius 3 is 2.06 bits per heavy atom. The number of nitrogens with zero attached hydrogens (tertiary/aromatic N) is 2. The highest BCUT2D eigenvalue weighted by Crippen LogP contribution is 2.23. The molecule has 0 spiro atoms. The van der Waals surface area contributed by atoms with Gasteiger partial charge in [-0.1, -0.05) is 36.8 Å². The summed E-state index contributed by atoms with van der Waals surface area (Å²) in [5.74, 6) is -0.182. The second-order valence-corrected chi connectivity index (χ2v) is 11.5. The molecule has 9 heteroatoms. The number of methoxy groups -OCH3 is 1. The molecule has 0 radical (unpaired) electrons. The van der Waals surface area contributed by atoms with Crippen LogP contribution in [0, 0.1) is 6.92 Å². The number of sulfonamides is 1. The molecule has 35 heavy (non-hydrogen) atoms. The van der Waals surface area contributed by atoms with Crippen molar-refractivity contribution in [2.24, 2.45) is 0 Å². The molecule has 1 atom stereocenters. The SMILES string of the molecule is CCC(C(=O)NC(C)(C)C)N(Cc1ccc(C)cc1)C(=O)CN(c1ccc(OC)cc1)S(C)(=O)=O. The number of anilines is 1. The second kappa shape index (κ2) is 11.6. The molecule has 0 aromatic heterocycles. The number of benzene rings is 2. The Hall–Kier alpha value is -3.07. The van der Waals surface area contributed by atoms with Crippen LogP contribution in [0.15, 0.2) is 48.5 Å². The molecular formula is C26H37N3O5S. The average Bonchev–Trinajstić information content (AvgIpc) is 2.76. The van der Waals surface area contributed by atoms with E-state index in [1.165, 1.54) is 12.0 Å². The van der Waals surface area contributed by atoms with Gasteiger partial charge in [0.05, 0.1) is 19.1 Å². The lowest BCUT2D eigenvalue weighted by Gasteiger charge is -2.34. The fraction of sp³-hybridized carbons (Fsp3) is 0.462. The van der Waals surface area contributed by atoms with Crippen LogP contribution in [0.2, 0.25) is 0 Å². The normalized spacial score (nSPS) is 12.5. The molecule has 0 saturated carbocycles. The average molecular weight is 504 g/mol. The summed E-state index contributed by atoms with van der Waals surface area (Å²) in [5, 5.41) is 2.95. The molecular weight excluding hydrogens is 466 g/mol. The van der Waals surface area contributed by atoms with E-state index in [0.717, 1.165) is 21.7 Å². The first-order valence-corrected chi connectivity index (χ1v) is 13.4. The van der Waals surface area contributed by atoms with E-state index in [1.54, 1.807) is 24.3 Å². The zero-order valence-electron chi connectivity index (χ0n) is 21.7. The van der Waals surface area contributed by atoms with Gasteiger partial charge in [0.1, 0.15) is 18.3 Å². The van der Waals surface area contributed by atoms with Crippen LogP contribution in [0.4, 0.5) is 5.69 Å². The molecule has 0 saturated heterocycles. The van der Waals surface area contributed by atoms with Crippen molar-refractivity contribution in [2.75, 3.05) is 24.2 Å². The van der Waals surface area contributed by atoms with Crippen LogP contribution in [0.3, 0.4) is 0 Å². The van der Waals surface area contributed by atoms with Crippen LogP contribution >= 0.6 is 0 Å². The van der Waals surface area contributed by atoms with Crippen LogP contribution in [-0.4, -0.2) is 56.6 Å². The molecule has 192 valence electrons. The Kier molecular flexibility index (Phi) is 9.31. The topological polar surface area (TPSA) is 96.0 Å². The van der Waals surface area contributed by atoms with E-state index in [9.17, 15) is 18.0 Å². The number of hydrogen-bond donors (Lipinski definition) is 1. The molecule has 0 aliphatic rings. The van der Waals surface area contributed by atoms with Crippen molar-refractivity contribution in [3.63, 3.8) is 0 Å². The number of ether oxygens (including phenoxy) is 1. The zero-order valence-corrected chi connectivity index (χ0v) is 22.5. The molecule has 2 aromatic carbocycles. The van der Waals surface area contributed by atoms with Crippen molar-refractivity contribution >= 4 is 27.5 Å². The summed E-state index contributed by atoms with van der Waals surface area (Å²) in [6.07, 6.45) is 1.43. The van der Waals surface area contributed by atoms with E-state index in [0.29, 0.717) is 17.9 Å². The molecule has 2 rings (SSSR count). The predicted octanol–water partition coefficient (Wildman–Crippen LogP) is 3.49. The van der Waals surface area contributed by atoms with Crippen LogP contribution < -0.4 is 14.4 Å². The van der Waals surface area contributed by atoms with E-state index in [2.05, 4.69) is 5.32 Å². The van der Waals surface area contributed by atoms with Crippen molar-refractivity contribution in [3.05, 3.63) is 59.7 Å². The van der Waals surface area contributed by atoms with Gasteiger partial charge in [0.25, 0.3) is 0 Å². The number of nitrogens with one attached hydrogen (secondary N) is 1. The van der Waals surface area contributed by atoms with E-state index in [-0.39, 0.29) is 12.5 Å². The largest absolute Gasteiger partial charge is 0.497 e. The Morgan fingerprint density at radius 2 is 1.60 bits per heavy atom. The third-order valence-corrected chi connectivity index (χ3v) is 6.54. The minimum absolute atomic E-state index is 0.176. The third-order valence-electron chi connectivity index (χ3n) is 5.40. The molecule has 0 aliphatic carbocycles. The lowest BCUT2D eigenvalue weighted by Crippen LogP contribution is -2.55. The Morgan fingerprint density at radius 1 is 1.03 bits per heavy atom. The van der Waals surface area contributed by atoms with E-state index < -0.39 is 34.1 Å². The summed E-state index contributed by atoms with van der Waals surface area (Å²) in [5.41, 5.74) is 1.78. The maximum Gasteiger partial charge on any atom is 0.244 e. The van der Waals surface area contributed by atoms with Gasteiger partial charge in [-0.3, -0.25) is 13.9 Å². The molecule has 2 aromatic rings. The van der Waals surface area contributed by atoms with Gasteiger partial charge >= 0.3 is 0 Å². The smallest absolute Gasteiger partial charge is 0.244 e. The molecule has 8 nitrogen and oxygen atoms in total. The summed E-state index contributed by atoms with van der Waals surface area (Å²) >= 11 is 0. The fourth-order valence-electron chi connectivity index (χ4n) is 3.62.